The lowest BCUT2D eigenvalue weighted by molar-refractivity contribution is -0.137. The van der Waals surface area contributed by atoms with E-state index in [1.165, 1.54) is 18.3 Å². The topological polar surface area (TPSA) is 94.0 Å². The van der Waals surface area contributed by atoms with Crippen LogP contribution in [0.1, 0.15) is 24.0 Å². The Balaban J connectivity index is 1.22. The number of fused-ring (bicyclic) bond motifs is 1. The molecule has 3 fully saturated rings. The lowest BCUT2D eigenvalue weighted by Gasteiger charge is -2.40. The highest BCUT2D eigenvalue weighted by atomic mass is 32.2. The number of nitrogens with zero attached hydrogens (tertiary/aromatic N) is 6. The second-order valence-electron chi connectivity index (χ2n) is 10.2. The maximum absolute atomic E-state index is 13.9. The van der Waals surface area contributed by atoms with Gasteiger partial charge in [-0.1, -0.05) is 6.07 Å². The SMILES string of the molecule is CS(=O)(=O)Nc1ccn(C(=O)N2CCN(Cc3ccc(C(F)(F)F)c(N4CCN5CCC[C@H]5C4)c3)CC2)n1. The number of rotatable bonds is 5. The van der Waals surface area contributed by atoms with Crippen LogP contribution in [0.15, 0.2) is 30.5 Å². The van der Waals surface area contributed by atoms with Gasteiger partial charge >= 0.3 is 12.2 Å². The first-order chi connectivity index (χ1) is 18.0. The van der Waals surface area contributed by atoms with Gasteiger partial charge in [-0.15, -0.1) is 5.10 Å². The molecular formula is C24H32F3N7O3S. The third-order valence-corrected chi connectivity index (χ3v) is 8.00. The number of hydrogen-bond donors (Lipinski definition) is 1. The minimum Gasteiger partial charge on any atom is -0.368 e. The van der Waals surface area contributed by atoms with Crippen molar-refractivity contribution in [3.8, 4) is 0 Å². The van der Waals surface area contributed by atoms with Crippen molar-refractivity contribution < 1.29 is 26.4 Å². The molecule has 0 saturated carbocycles. The fourth-order valence-electron chi connectivity index (χ4n) is 5.56. The molecular weight excluding hydrogens is 523 g/mol. The number of halogens is 3. The molecule has 0 bridgehead atoms. The maximum atomic E-state index is 13.9. The lowest BCUT2D eigenvalue weighted by Crippen LogP contribution is -2.50. The molecule has 2 aromatic rings. The van der Waals surface area contributed by atoms with E-state index in [-0.39, 0.29) is 17.5 Å². The monoisotopic (exact) mass is 555 g/mol. The summed E-state index contributed by atoms with van der Waals surface area (Å²) in [5.74, 6) is 0.0620. The van der Waals surface area contributed by atoms with E-state index in [0.29, 0.717) is 51.9 Å². The van der Waals surface area contributed by atoms with Crippen LogP contribution in [0, 0.1) is 0 Å². The quantitative estimate of drug-likeness (QED) is 0.606. The molecule has 5 rings (SSSR count). The number of alkyl halides is 3. The summed E-state index contributed by atoms with van der Waals surface area (Å²) in [5.41, 5.74) is 0.477. The van der Waals surface area contributed by atoms with E-state index in [4.69, 9.17) is 0 Å². The van der Waals surface area contributed by atoms with Gasteiger partial charge in [-0.2, -0.15) is 17.9 Å². The van der Waals surface area contributed by atoms with Gasteiger partial charge in [-0.3, -0.25) is 14.5 Å². The zero-order valence-electron chi connectivity index (χ0n) is 21.2. The Hall–Kier alpha value is -2.84. The zero-order chi connectivity index (χ0) is 27.1. The largest absolute Gasteiger partial charge is 0.418 e. The number of amides is 1. The summed E-state index contributed by atoms with van der Waals surface area (Å²) in [6.45, 7) is 5.44. The summed E-state index contributed by atoms with van der Waals surface area (Å²) in [6.07, 6.45) is 0.0995. The molecule has 1 aromatic carbocycles. The Morgan fingerprint density at radius 3 is 2.55 bits per heavy atom. The minimum absolute atomic E-state index is 0.0620. The highest BCUT2D eigenvalue weighted by Gasteiger charge is 2.38. The number of aromatic nitrogens is 2. The Kier molecular flexibility index (Phi) is 7.31. The van der Waals surface area contributed by atoms with Crippen molar-refractivity contribution in [2.24, 2.45) is 0 Å². The Bertz CT molecular complexity index is 1280. The molecule has 14 heteroatoms. The fraction of sp³-hybridized carbons (Fsp3) is 0.583. The molecule has 1 atom stereocenters. The minimum atomic E-state index is -4.42. The summed E-state index contributed by atoms with van der Waals surface area (Å²) in [6, 6.07) is 5.79. The van der Waals surface area contributed by atoms with E-state index in [1.54, 1.807) is 17.0 Å². The highest BCUT2D eigenvalue weighted by Crippen LogP contribution is 2.39. The third kappa shape index (κ3) is 6.07. The number of hydrogen-bond acceptors (Lipinski definition) is 7. The van der Waals surface area contributed by atoms with Crippen LogP contribution >= 0.6 is 0 Å². The highest BCUT2D eigenvalue weighted by molar-refractivity contribution is 7.92. The predicted molar refractivity (Wildman–Crippen MR) is 137 cm³/mol. The average Bonchev–Trinajstić information content (AvgIpc) is 3.51. The van der Waals surface area contributed by atoms with E-state index in [1.807, 2.05) is 4.90 Å². The first kappa shape index (κ1) is 26.8. The van der Waals surface area contributed by atoms with Crippen LogP contribution in [0.4, 0.5) is 29.5 Å². The molecule has 1 amide bonds. The van der Waals surface area contributed by atoms with E-state index >= 15 is 0 Å². The zero-order valence-corrected chi connectivity index (χ0v) is 22.0. The summed E-state index contributed by atoms with van der Waals surface area (Å²) in [5, 5.41) is 3.98. The number of benzene rings is 1. The predicted octanol–water partition coefficient (Wildman–Crippen LogP) is 2.34. The number of carbonyl (C=O) groups is 1. The first-order valence-electron chi connectivity index (χ1n) is 12.7. The summed E-state index contributed by atoms with van der Waals surface area (Å²) in [7, 11) is -3.50. The van der Waals surface area contributed by atoms with Crippen LogP contribution in [0.3, 0.4) is 0 Å². The number of nitrogens with one attached hydrogen (secondary N) is 1. The summed E-state index contributed by atoms with van der Waals surface area (Å²) in [4.78, 5) is 20.8. The van der Waals surface area contributed by atoms with Crippen molar-refractivity contribution in [1.82, 2.24) is 24.5 Å². The van der Waals surface area contributed by atoms with Gasteiger partial charge in [0, 0.05) is 76.4 Å². The second kappa shape index (κ2) is 10.4. The Morgan fingerprint density at radius 1 is 1.08 bits per heavy atom. The van der Waals surface area contributed by atoms with E-state index < -0.39 is 21.8 Å². The van der Waals surface area contributed by atoms with Crippen LogP contribution in [-0.2, 0) is 22.7 Å². The standard InChI is InChI=1S/C24H32F3N7O3S/c1-38(36,37)29-22-6-8-34(28-22)23(35)32-11-9-30(10-12-32)16-18-4-5-20(24(25,26)27)21(15-18)33-14-13-31-7-2-3-19(31)17-33/h4-6,8,15,19H,2-3,7,9-14,16-17H2,1H3,(H,28,29)/t19-/m0/s1. The second-order valence-corrected chi connectivity index (χ2v) is 11.9. The molecule has 10 nitrogen and oxygen atoms in total. The molecule has 3 aliphatic heterocycles. The Morgan fingerprint density at radius 2 is 1.84 bits per heavy atom. The van der Waals surface area contributed by atoms with E-state index in [0.717, 1.165) is 42.4 Å². The van der Waals surface area contributed by atoms with Crippen LogP contribution < -0.4 is 9.62 Å². The molecule has 1 aromatic heterocycles. The molecule has 208 valence electrons. The summed E-state index contributed by atoms with van der Waals surface area (Å²) < 4.78 is 67.7. The van der Waals surface area contributed by atoms with Crippen molar-refractivity contribution in [2.45, 2.75) is 31.6 Å². The smallest absolute Gasteiger partial charge is 0.368 e. The first-order valence-corrected chi connectivity index (χ1v) is 14.6. The number of anilines is 2. The maximum Gasteiger partial charge on any atom is 0.418 e. The van der Waals surface area contributed by atoms with Crippen LogP contribution in [0.25, 0.3) is 0 Å². The van der Waals surface area contributed by atoms with E-state index in [2.05, 4.69) is 19.6 Å². The van der Waals surface area contributed by atoms with Gasteiger partial charge in [0.25, 0.3) is 0 Å². The molecule has 38 heavy (non-hydrogen) atoms. The molecule has 0 unspecified atom stereocenters. The molecule has 3 saturated heterocycles. The van der Waals surface area contributed by atoms with Crippen LogP contribution in [-0.4, -0.2) is 104 Å². The molecule has 0 spiro atoms. The van der Waals surface area contributed by atoms with Gasteiger partial charge in [-0.05, 0) is 37.1 Å². The lowest BCUT2D eigenvalue weighted by atomic mass is 10.0. The van der Waals surface area contributed by atoms with Gasteiger partial charge in [0.2, 0.25) is 10.0 Å². The number of carbonyl (C=O) groups excluding carboxylic acids is 1. The van der Waals surface area contributed by atoms with Crippen molar-refractivity contribution in [3.05, 3.63) is 41.6 Å². The molecule has 4 heterocycles. The molecule has 1 N–H and O–H groups in total. The third-order valence-electron chi connectivity index (χ3n) is 7.42. The van der Waals surface area contributed by atoms with Crippen molar-refractivity contribution >= 4 is 27.6 Å². The number of sulfonamides is 1. The number of piperazine rings is 2. The van der Waals surface area contributed by atoms with Crippen LogP contribution in [0.5, 0.6) is 0 Å². The van der Waals surface area contributed by atoms with Gasteiger partial charge in [0.05, 0.1) is 11.8 Å². The molecule has 0 aliphatic carbocycles. The van der Waals surface area contributed by atoms with Crippen molar-refractivity contribution in [2.75, 3.05) is 68.2 Å². The van der Waals surface area contributed by atoms with Crippen molar-refractivity contribution in [3.63, 3.8) is 0 Å². The molecule has 3 aliphatic rings. The van der Waals surface area contributed by atoms with Gasteiger partial charge in [0.15, 0.2) is 5.82 Å². The van der Waals surface area contributed by atoms with Gasteiger partial charge in [0.1, 0.15) is 0 Å². The summed E-state index contributed by atoms with van der Waals surface area (Å²) >= 11 is 0. The van der Waals surface area contributed by atoms with Crippen molar-refractivity contribution in [1.29, 1.82) is 0 Å². The molecule has 0 radical (unpaired) electrons. The van der Waals surface area contributed by atoms with Gasteiger partial charge in [-0.25, -0.2) is 13.2 Å². The van der Waals surface area contributed by atoms with Crippen LogP contribution in [0.2, 0.25) is 0 Å². The van der Waals surface area contributed by atoms with E-state index in [9.17, 15) is 26.4 Å². The Labute approximate surface area is 220 Å². The van der Waals surface area contributed by atoms with Gasteiger partial charge < -0.3 is 9.80 Å². The average molecular weight is 556 g/mol. The fourth-order valence-corrected chi connectivity index (χ4v) is 6.05. The normalized spacial score (nSPS) is 21.5.